The fraction of sp³-hybridized carbons (Fsp3) is 0.296. The van der Waals surface area contributed by atoms with Crippen LogP contribution in [-0.4, -0.2) is 53.5 Å². The molecule has 0 aliphatic carbocycles. The zero-order chi connectivity index (χ0) is 26.9. The van der Waals surface area contributed by atoms with E-state index in [0.717, 1.165) is 12.8 Å². The van der Waals surface area contributed by atoms with Gasteiger partial charge < -0.3 is 10.2 Å². The maximum atomic E-state index is 13.8. The Morgan fingerprint density at radius 1 is 1.11 bits per heavy atom. The number of nitrogens with zero attached hydrogens (tertiary/aromatic N) is 4. The molecule has 1 saturated heterocycles. The molecular formula is C27H29FN6O3S. The minimum Gasteiger partial charge on any atom is -0.339 e. The number of carbonyl (C=O) groups is 1. The Bertz CT molecular complexity index is 1580. The van der Waals surface area contributed by atoms with E-state index in [2.05, 4.69) is 32.3 Å². The van der Waals surface area contributed by atoms with Gasteiger partial charge in [-0.15, -0.1) is 0 Å². The smallest absolute Gasteiger partial charge is 0.259 e. The number of amides is 1. The van der Waals surface area contributed by atoms with Crippen LogP contribution in [0.2, 0.25) is 0 Å². The molecular weight excluding hydrogens is 507 g/mol. The second-order valence-corrected chi connectivity index (χ2v) is 11.1. The molecule has 4 aromatic rings. The average molecular weight is 537 g/mol. The third kappa shape index (κ3) is 4.99. The highest BCUT2D eigenvalue weighted by Crippen LogP contribution is 2.31. The van der Waals surface area contributed by atoms with Crippen molar-refractivity contribution in [2.75, 3.05) is 25.0 Å². The highest BCUT2D eigenvalue weighted by molar-refractivity contribution is 7.89. The summed E-state index contributed by atoms with van der Waals surface area (Å²) in [6.07, 6.45) is 4.26. The quantitative estimate of drug-likeness (QED) is 0.366. The molecule has 0 unspecified atom stereocenters. The maximum absolute atomic E-state index is 13.8. The molecule has 1 aliphatic heterocycles. The molecule has 2 aromatic carbocycles. The van der Waals surface area contributed by atoms with Gasteiger partial charge in [0.15, 0.2) is 5.65 Å². The Morgan fingerprint density at radius 2 is 1.84 bits per heavy atom. The topological polar surface area (TPSA) is 109 Å². The largest absolute Gasteiger partial charge is 0.339 e. The van der Waals surface area contributed by atoms with Gasteiger partial charge in [0.25, 0.3) is 5.91 Å². The molecule has 3 heterocycles. The van der Waals surface area contributed by atoms with E-state index in [4.69, 9.17) is 0 Å². The number of likely N-dealkylation sites (tertiary alicyclic amines) is 1. The molecule has 0 saturated carbocycles. The summed E-state index contributed by atoms with van der Waals surface area (Å²) in [6.45, 7) is 4.77. The number of rotatable bonds is 7. The van der Waals surface area contributed by atoms with Crippen molar-refractivity contribution in [2.45, 2.75) is 37.5 Å². The van der Waals surface area contributed by atoms with Gasteiger partial charge in [0.1, 0.15) is 22.1 Å². The van der Waals surface area contributed by atoms with E-state index in [1.165, 1.54) is 34.6 Å². The van der Waals surface area contributed by atoms with Crippen LogP contribution in [-0.2, 0) is 10.0 Å². The monoisotopic (exact) mass is 536 g/mol. The zero-order valence-corrected chi connectivity index (χ0v) is 22.0. The number of hydrogen-bond donors (Lipinski definition) is 2. The summed E-state index contributed by atoms with van der Waals surface area (Å²) in [7, 11) is -3.85. The lowest BCUT2D eigenvalue weighted by atomic mass is 9.89. The highest BCUT2D eigenvalue weighted by Gasteiger charge is 2.29. The summed E-state index contributed by atoms with van der Waals surface area (Å²) in [6, 6.07) is 14.5. The summed E-state index contributed by atoms with van der Waals surface area (Å²) >= 11 is 0. The number of benzene rings is 2. The number of piperidine rings is 1. The predicted molar refractivity (Wildman–Crippen MR) is 143 cm³/mol. The molecule has 0 radical (unpaired) electrons. The van der Waals surface area contributed by atoms with Crippen molar-refractivity contribution >= 4 is 33.1 Å². The number of hydrogen-bond acceptors (Lipinski definition) is 6. The first-order valence-corrected chi connectivity index (χ1v) is 14.0. The molecule has 0 spiro atoms. The van der Waals surface area contributed by atoms with E-state index in [-0.39, 0.29) is 40.2 Å². The van der Waals surface area contributed by atoms with Crippen LogP contribution in [0, 0.1) is 12.7 Å². The Kier molecular flexibility index (Phi) is 7.13. The summed E-state index contributed by atoms with van der Waals surface area (Å²) in [5.74, 6) is 0.0199. The molecule has 2 aromatic heterocycles. The van der Waals surface area contributed by atoms with E-state index >= 15 is 0 Å². The molecule has 38 heavy (non-hydrogen) atoms. The van der Waals surface area contributed by atoms with Crippen LogP contribution < -0.4 is 10.0 Å². The van der Waals surface area contributed by atoms with Gasteiger partial charge in [0.2, 0.25) is 10.0 Å². The molecule has 0 bridgehead atoms. The molecule has 9 nitrogen and oxygen atoms in total. The van der Waals surface area contributed by atoms with Gasteiger partial charge >= 0.3 is 0 Å². The van der Waals surface area contributed by atoms with Gasteiger partial charge in [-0.25, -0.2) is 22.5 Å². The summed E-state index contributed by atoms with van der Waals surface area (Å²) in [4.78, 5) is 19.8. The number of aryl methyl sites for hydroxylation is 1. The minimum atomic E-state index is -3.85. The number of fused-ring (bicyclic) bond motifs is 1. The Morgan fingerprint density at radius 3 is 2.53 bits per heavy atom. The first-order chi connectivity index (χ1) is 18.3. The van der Waals surface area contributed by atoms with Gasteiger partial charge in [-0.2, -0.15) is 9.61 Å². The summed E-state index contributed by atoms with van der Waals surface area (Å²) in [5, 5.41) is 7.47. The van der Waals surface area contributed by atoms with Gasteiger partial charge in [0.05, 0.1) is 6.20 Å². The van der Waals surface area contributed by atoms with Crippen molar-refractivity contribution in [3.63, 3.8) is 0 Å². The standard InChI is InChI=1S/C27H29FN6O3S/c1-3-31-38(36,37)24-17-30-34-25(32-23-10-9-21(28)15-18(23)2)22(16-29-26(24)34)27(35)33-13-11-20(12-14-33)19-7-5-4-6-8-19/h4-10,15-17,20,31-32H,3,11-14H2,1-2H3. The Balaban J connectivity index is 1.52. The molecule has 5 rings (SSSR count). The van der Waals surface area contributed by atoms with E-state index in [1.807, 2.05) is 18.2 Å². The Labute approximate surface area is 220 Å². The van der Waals surface area contributed by atoms with Gasteiger partial charge in [-0.1, -0.05) is 37.3 Å². The van der Waals surface area contributed by atoms with Crippen LogP contribution in [0.1, 0.15) is 47.2 Å². The summed E-state index contributed by atoms with van der Waals surface area (Å²) in [5.41, 5.74) is 2.76. The lowest BCUT2D eigenvalue weighted by molar-refractivity contribution is 0.0713. The van der Waals surface area contributed by atoms with E-state index in [9.17, 15) is 17.6 Å². The normalized spacial score (nSPS) is 14.7. The number of anilines is 2. The van der Waals surface area contributed by atoms with Crippen molar-refractivity contribution in [3.8, 4) is 0 Å². The van der Waals surface area contributed by atoms with Gasteiger partial charge in [-0.05, 0) is 55.0 Å². The van der Waals surface area contributed by atoms with Crippen molar-refractivity contribution in [3.05, 3.63) is 83.4 Å². The van der Waals surface area contributed by atoms with E-state index < -0.39 is 10.0 Å². The van der Waals surface area contributed by atoms with Crippen LogP contribution in [0.15, 0.2) is 65.8 Å². The van der Waals surface area contributed by atoms with Crippen LogP contribution >= 0.6 is 0 Å². The summed E-state index contributed by atoms with van der Waals surface area (Å²) < 4.78 is 43.0. The molecule has 1 aliphatic rings. The Hall–Kier alpha value is -3.83. The molecule has 1 fully saturated rings. The second-order valence-electron chi connectivity index (χ2n) is 9.33. The third-order valence-electron chi connectivity index (χ3n) is 6.84. The molecule has 2 N–H and O–H groups in total. The van der Waals surface area contributed by atoms with Crippen LogP contribution in [0.3, 0.4) is 0 Å². The molecule has 198 valence electrons. The van der Waals surface area contributed by atoms with Crippen LogP contribution in [0.4, 0.5) is 15.9 Å². The predicted octanol–water partition coefficient (Wildman–Crippen LogP) is 4.24. The van der Waals surface area contributed by atoms with Crippen molar-refractivity contribution in [1.29, 1.82) is 0 Å². The van der Waals surface area contributed by atoms with E-state index in [1.54, 1.807) is 24.8 Å². The fourth-order valence-electron chi connectivity index (χ4n) is 4.85. The zero-order valence-electron chi connectivity index (χ0n) is 21.2. The number of halogens is 1. The lowest BCUT2D eigenvalue weighted by Crippen LogP contribution is -2.38. The maximum Gasteiger partial charge on any atom is 0.259 e. The third-order valence-corrected chi connectivity index (χ3v) is 8.38. The first kappa shape index (κ1) is 25.8. The van der Waals surface area contributed by atoms with Gasteiger partial charge in [0, 0.05) is 31.5 Å². The molecule has 11 heteroatoms. The minimum absolute atomic E-state index is 0.0764. The van der Waals surface area contributed by atoms with E-state index in [0.29, 0.717) is 30.3 Å². The average Bonchev–Trinajstić information content (AvgIpc) is 3.36. The lowest BCUT2D eigenvalue weighted by Gasteiger charge is -2.32. The van der Waals surface area contributed by atoms with Crippen molar-refractivity contribution in [2.24, 2.45) is 0 Å². The first-order valence-electron chi connectivity index (χ1n) is 12.5. The van der Waals surface area contributed by atoms with Crippen molar-refractivity contribution < 1.29 is 17.6 Å². The van der Waals surface area contributed by atoms with Crippen molar-refractivity contribution in [1.82, 2.24) is 24.2 Å². The molecule has 0 atom stereocenters. The number of sulfonamides is 1. The number of carbonyl (C=O) groups excluding carboxylic acids is 1. The molecule has 1 amide bonds. The fourth-order valence-corrected chi connectivity index (χ4v) is 5.95. The second kappa shape index (κ2) is 10.5. The van der Waals surface area contributed by atoms with Crippen LogP contribution in [0.5, 0.6) is 0 Å². The highest BCUT2D eigenvalue weighted by atomic mass is 32.2. The number of nitrogens with one attached hydrogen (secondary N) is 2. The number of aromatic nitrogens is 3. The van der Waals surface area contributed by atoms with Crippen LogP contribution in [0.25, 0.3) is 5.65 Å². The van der Waals surface area contributed by atoms with Gasteiger partial charge in [-0.3, -0.25) is 4.79 Å². The SMILES string of the molecule is CCNS(=O)(=O)c1cnn2c(Nc3ccc(F)cc3C)c(C(=O)N3CCC(c4ccccc4)CC3)cnc12.